The van der Waals surface area contributed by atoms with Crippen molar-refractivity contribution in [2.24, 2.45) is 11.5 Å². The van der Waals surface area contributed by atoms with Crippen LogP contribution in [0.15, 0.2) is 23.4 Å². The van der Waals surface area contributed by atoms with Gasteiger partial charge in [-0.3, -0.25) is 19.2 Å². The van der Waals surface area contributed by atoms with Crippen molar-refractivity contribution in [3.8, 4) is 0 Å². The third-order valence-electron chi connectivity index (χ3n) is 3.50. The molecule has 0 aromatic carbocycles. The predicted octanol–water partition coefficient (Wildman–Crippen LogP) is -1.08. The summed E-state index contributed by atoms with van der Waals surface area (Å²) in [6, 6.07) is -2.10. The maximum atomic E-state index is 11.5. The Labute approximate surface area is 138 Å². The number of carbonyl (C=O) groups excluding carboxylic acids is 2. The highest BCUT2D eigenvalue weighted by atomic mass is 16.4. The summed E-state index contributed by atoms with van der Waals surface area (Å²) in [6.45, 7) is 0.416. The minimum Gasteiger partial charge on any atom is -0.480 e. The van der Waals surface area contributed by atoms with Crippen LogP contribution in [0.2, 0.25) is 0 Å². The number of nitrogens with one attached hydrogen (secondary N) is 1. The molecule has 0 aromatic heterocycles. The van der Waals surface area contributed by atoms with Gasteiger partial charge in [-0.25, -0.2) is 0 Å². The Morgan fingerprint density at radius 1 is 1.00 bits per heavy atom. The first kappa shape index (κ1) is 19.5. The van der Waals surface area contributed by atoms with Gasteiger partial charge in [0.05, 0.1) is 0 Å². The van der Waals surface area contributed by atoms with Gasteiger partial charge in [-0.05, 0) is 30.9 Å². The van der Waals surface area contributed by atoms with E-state index < -0.39 is 35.6 Å². The Morgan fingerprint density at radius 2 is 1.58 bits per heavy atom. The molecule has 0 unspecified atom stereocenters. The SMILES string of the molecule is N[C@@H](CCCCNC1=CC(=O)C(=O)C=C1C[C@H](N)C(=O)O)C(=O)O. The van der Waals surface area contributed by atoms with E-state index in [0.29, 0.717) is 37.1 Å². The second kappa shape index (κ2) is 8.94. The average molecular weight is 339 g/mol. The molecule has 7 N–H and O–H groups in total. The molecule has 9 heteroatoms. The van der Waals surface area contributed by atoms with Crippen molar-refractivity contribution in [3.05, 3.63) is 23.4 Å². The van der Waals surface area contributed by atoms with Crippen molar-refractivity contribution in [2.75, 3.05) is 6.54 Å². The first-order valence-corrected chi connectivity index (χ1v) is 7.44. The van der Waals surface area contributed by atoms with Crippen LogP contribution in [-0.2, 0) is 19.2 Å². The lowest BCUT2D eigenvalue weighted by Gasteiger charge is -2.19. The van der Waals surface area contributed by atoms with Gasteiger partial charge in [-0.1, -0.05) is 0 Å². The average Bonchev–Trinajstić information content (AvgIpc) is 2.50. The molecule has 0 spiro atoms. The summed E-state index contributed by atoms with van der Waals surface area (Å²) in [5.74, 6) is -3.68. The number of carbonyl (C=O) groups is 4. The lowest BCUT2D eigenvalue weighted by Crippen LogP contribution is -2.33. The zero-order valence-electron chi connectivity index (χ0n) is 13.0. The van der Waals surface area contributed by atoms with Crippen LogP contribution in [0.5, 0.6) is 0 Å². The maximum Gasteiger partial charge on any atom is 0.320 e. The van der Waals surface area contributed by atoms with E-state index in [1.807, 2.05) is 0 Å². The fraction of sp³-hybridized carbons (Fsp3) is 0.467. The molecule has 0 radical (unpaired) electrons. The molecular weight excluding hydrogens is 318 g/mol. The minimum atomic E-state index is -1.21. The lowest BCUT2D eigenvalue weighted by molar-refractivity contribution is -0.139. The molecule has 0 saturated carbocycles. The molecule has 1 aliphatic rings. The van der Waals surface area contributed by atoms with Gasteiger partial charge in [0.1, 0.15) is 12.1 Å². The molecular formula is C15H21N3O6. The maximum absolute atomic E-state index is 11.5. The van der Waals surface area contributed by atoms with Gasteiger partial charge in [0.15, 0.2) is 0 Å². The normalized spacial score (nSPS) is 16.9. The summed E-state index contributed by atoms with van der Waals surface area (Å²) in [6.07, 6.45) is 3.60. The Kier molecular flexibility index (Phi) is 7.28. The Balaban J connectivity index is 2.56. The van der Waals surface area contributed by atoms with Crippen molar-refractivity contribution in [3.63, 3.8) is 0 Å². The Hall–Kier alpha value is -2.52. The van der Waals surface area contributed by atoms with Crippen LogP contribution in [0.3, 0.4) is 0 Å². The highest BCUT2D eigenvalue weighted by molar-refractivity contribution is 6.46. The summed E-state index contributed by atoms with van der Waals surface area (Å²) in [4.78, 5) is 44.4. The number of nitrogens with two attached hydrogens (primary N) is 2. The minimum absolute atomic E-state index is 0.0862. The molecule has 0 aliphatic heterocycles. The van der Waals surface area contributed by atoms with E-state index in [0.717, 1.165) is 12.2 Å². The largest absolute Gasteiger partial charge is 0.480 e. The lowest BCUT2D eigenvalue weighted by atomic mass is 9.95. The molecule has 1 rings (SSSR count). The monoisotopic (exact) mass is 339 g/mol. The molecule has 0 bridgehead atoms. The van der Waals surface area contributed by atoms with E-state index in [9.17, 15) is 19.2 Å². The Bertz CT molecular complexity index is 596. The van der Waals surface area contributed by atoms with Crippen LogP contribution in [0.4, 0.5) is 0 Å². The van der Waals surface area contributed by atoms with Crippen LogP contribution in [0.25, 0.3) is 0 Å². The molecule has 1 aliphatic carbocycles. The van der Waals surface area contributed by atoms with Gasteiger partial charge < -0.3 is 27.0 Å². The Morgan fingerprint density at radius 3 is 2.17 bits per heavy atom. The quantitative estimate of drug-likeness (QED) is 0.188. The molecule has 0 amide bonds. The van der Waals surface area contributed by atoms with E-state index >= 15 is 0 Å². The number of unbranched alkanes of at least 4 members (excludes halogenated alkanes) is 1. The van der Waals surface area contributed by atoms with Crippen LogP contribution in [-0.4, -0.2) is 52.3 Å². The zero-order chi connectivity index (χ0) is 18.3. The summed E-state index contributed by atoms with van der Waals surface area (Å²) >= 11 is 0. The van der Waals surface area contributed by atoms with E-state index in [1.165, 1.54) is 0 Å². The second-order valence-electron chi connectivity index (χ2n) is 5.47. The number of hydrogen-bond acceptors (Lipinski definition) is 7. The zero-order valence-corrected chi connectivity index (χ0v) is 13.0. The molecule has 24 heavy (non-hydrogen) atoms. The number of allylic oxidation sites excluding steroid dienone is 3. The van der Waals surface area contributed by atoms with Crippen molar-refractivity contribution in [2.45, 2.75) is 37.8 Å². The van der Waals surface area contributed by atoms with Gasteiger partial charge >= 0.3 is 11.9 Å². The first-order valence-electron chi connectivity index (χ1n) is 7.44. The highest BCUT2D eigenvalue weighted by Gasteiger charge is 2.23. The van der Waals surface area contributed by atoms with E-state index in [-0.39, 0.29) is 6.42 Å². The summed E-state index contributed by atoms with van der Waals surface area (Å²) in [5.41, 5.74) is 11.6. The van der Waals surface area contributed by atoms with Crippen LogP contribution in [0.1, 0.15) is 25.7 Å². The van der Waals surface area contributed by atoms with Gasteiger partial charge in [-0.2, -0.15) is 0 Å². The standard InChI is InChI=1S/C15H21N3O6/c16-9(14(21)22)3-1-2-4-18-11-7-13(20)12(19)6-8(11)5-10(17)15(23)24/h6-7,9-10,18H,1-5,16-17H2,(H,21,22)(H,23,24)/t9-,10-/m0/s1. The number of rotatable bonds is 10. The highest BCUT2D eigenvalue weighted by Crippen LogP contribution is 2.18. The predicted molar refractivity (Wildman–Crippen MR) is 83.9 cm³/mol. The number of aliphatic carboxylic acids is 2. The molecule has 9 nitrogen and oxygen atoms in total. The molecule has 2 atom stereocenters. The fourth-order valence-electron chi connectivity index (χ4n) is 2.10. The first-order chi connectivity index (χ1) is 11.2. The van der Waals surface area contributed by atoms with Gasteiger partial charge in [0, 0.05) is 24.7 Å². The van der Waals surface area contributed by atoms with Gasteiger partial charge in [0.25, 0.3) is 0 Å². The number of carboxylic acid groups (broad SMARTS) is 2. The molecule has 0 heterocycles. The third kappa shape index (κ3) is 5.94. The molecule has 132 valence electrons. The smallest absolute Gasteiger partial charge is 0.320 e. The van der Waals surface area contributed by atoms with Gasteiger partial charge in [-0.15, -0.1) is 0 Å². The number of ketones is 2. The molecule has 0 fully saturated rings. The summed E-state index contributed by atoms with van der Waals surface area (Å²) in [7, 11) is 0. The summed E-state index contributed by atoms with van der Waals surface area (Å²) < 4.78 is 0. The van der Waals surface area contributed by atoms with Crippen molar-refractivity contribution < 1.29 is 29.4 Å². The van der Waals surface area contributed by atoms with Crippen LogP contribution < -0.4 is 16.8 Å². The van der Waals surface area contributed by atoms with Gasteiger partial charge in [0.2, 0.25) is 11.6 Å². The molecule has 0 aromatic rings. The van der Waals surface area contributed by atoms with Crippen molar-refractivity contribution in [1.82, 2.24) is 5.32 Å². The molecule has 0 saturated heterocycles. The topological polar surface area (TPSA) is 173 Å². The van der Waals surface area contributed by atoms with E-state index in [2.05, 4.69) is 5.32 Å². The summed E-state index contributed by atoms with van der Waals surface area (Å²) in [5, 5.41) is 20.5. The second-order valence-corrected chi connectivity index (χ2v) is 5.47. The fourth-order valence-corrected chi connectivity index (χ4v) is 2.10. The van der Waals surface area contributed by atoms with Crippen molar-refractivity contribution in [1.29, 1.82) is 0 Å². The number of carboxylic acids is 2. The van der Waals surface area contributed by atoms with Crippen LogP contribution in [0, 0.1) is 0 Å². The van der Waals surface area contributed by atoms with E-state index in [4.69, 9.17) is 21.7 Å². The number of hydrogen-bond donors (Lipinski definition) is 5. The van der Waals surface area contributed by atoms with Crippen LogP contribution >= 0.6 is 0 Å². The third-order valence-corrected chi connectivity index (χ3v) is 3.50. The van der Waals surface area contributed by atoms with E-state index in [1.54, 1.807) is 0 Å². The van der Waals surface area contributed by atoms with Crippen molar-refractivity contribution >= 4 is 23.5 Å².